The second-order valence-electron chi connectivity index (χ2n) is 9.69. The van der Waals surface area contributed by atoms with Crippen LogP contribution in [0.1, 0.15) is 74.2 Å². The second kappa shape index (κ2) is 10.8. The van der Waals surface area contributed by atoms with Crippen LogP contribution in [-0.4, -0.2) is 40.1 Å². The molecule has 8 nitrogen and oxygen atoms in total. The first-order chi connectivity index (χ1) is 17.3. The van der Waals surface area contributed by atoms with Gasteiger partial charge >= 0.3 is 0 Å². The van der Waals surface area contributed by atoms with Gasteiger partial charge in [0.15, 0.2) is 0 Å². The minimum atomic E-state index is -0.922. The Balaban J connectivity index is 1.60. The van der Waals surface area contributed by atoms with Crippen LogP contribution in [0.25, 0.3) is 0 Å². The molecule has 0 aromatic heterocycles. The molecule has 0 spiro atoms. The Kier molecular flexibility index (Phi) is 7.62. The number of hydrogen-bond donors (Lipinski definition) is 0. The van der Waals surface area contributed by atoms with E-state index < -0.39 is 22.8 Å². The van der Waals surface area contributed by atoms with Crippen LogP contribution in [0, 0.1) is 10.1 Å². The quantitative estimate of drug-likeness (QED) is 0.214. The number of rotatable bonds is 8. The Bertz CT molecular complexity index is 1180. The van der Waals surface area contributed by atoms with E-state index in [1.54, 1.807) is 12.1 Å². The van der Waals surface area contributed by atoms with E-state index in [1.807, 2.05) is 12.1 Å². The normalized spacial score (nSPS) is 17.9. The summed E-state index contributed by atoms with van der Waals surface area (Å²) in [5.41, 5.74) is 2.98. The summed E-state index contributed by atoms with van der Waals surface area (Å²) in [5.74, 6) is -0.865. The van der Waals surface area contributed by atoms with Crippen molar-refractivity contribution in [2.45, 2.75) is 64.3 Å². The van der Waals surface area contributed by atoms with Crippen LogP contribution in [-0.2, 0) is 9.59 Å². The first-order valence-electron chi connectivity index (χ1n) is 12.5. The molecule has 2 aliphatic rings. The van der Waals surface area contributed by atoms with E-state index in [0.29, 0.717) is 24.6 Å². The molecule has 1 heterocycles. The largest absolute Gasteiger partial charge is 0.326 e. The third-order valence-electron chi connectivity index (χ3n) is 6.96. The van der Waals surface area contributed by atoms with E-state index >= 15 is 0 Å². The summed E-state index contributed by atoms with van der Waals surface area (Å²) in [7, 11) is 0. The fourth-order valence-electron chi connectivity index (χ4n) is 4.83. The highest BCUT2D eigenvalue weighted by molar-refractivity contribution is 6.23. The van der Waals surface area contributed by atoms with Gasteiger partial charge in [-0.25, -0.2) is 4.90 Å². The van der Waals surface area contributed by atoms with Crippen LogP contribution in [0.5, 0.6) is 0 Å². The van der Waals surface area contributed by atoms with Crippen molar-refractivity contribution >= 4 is 29.1 Å². The van der Waals surface area contributed by atoms with E-state index in [-0.39, 0.29) is 23.6 Å². The molecule has 2 aromatic rings. The summed E-state index contributed by atoms with van der Waals surface area (Å²) in [6.07, 6.45) is 6.95. The Morgan fingerprint density at radius 1 is 1.08 bits per heavy atom. The highest BCUT2D eigenvalue weighted by Gasteiger charge is 2.44. The van der Waals surface area contributed by atoms with E-state index in [1.165, 1.54) is 39.6 Å². The Hall–Kier alpha value is -3.81. The Morgan fingerprint density at radius 3 is 2.36 bits per heavy atom. The molecule has 1 aliphatic carbocycles. The van der Waals surface area contributed by atoms with Crippen molar-refractivity contribution in [1.82, 2.24) is 4.90 Å². The lowest BCUT2D eigenvalue weighted by Gasteiger charge is -2.28. The molecular formula is C28H31N3O5. The lowest BCUT2D eigenvalue weighted by Crippen LogP contribution is -2.46. The van der Waals surface area contributed by atoms with Gasteiger partial charge in [0.2, 0.25) is 5.91 Å². The van der Waals surface area contributed by atoms with Crippen LogP contribution >= 0.6 is 0 Å². The number of imide groups is 1. The minimum Gasteiger partial charge on any atom is -0.326 e. The van der Waals surface area contributed by atoms with Crippen molar-refractivity contribution in [3.05, 3.63) is 81.4 Å². The van der Waals surface area contributed by atoms with Crippen molar-refractivity contribution in [2.75, 3.05) is 11.4 Å². The van der Waals surface area contributed by atoms with Crippen LogP contribution in [0.4, 0.5) is 11.4 Å². The zero-order valence-corrected chi connectivity index (χ0v) is 20.7. The molecule has 1 fully saturated rings. The molecular weight excluding hydrogens is 458 g/mol. The molecule has 188 valence electrons. The maximum atomic E-state index is 13.6. The second-order valence-corrected chi connectivity index (χ2v) is 9.69. The lowest BCUT2D eigenvalue weighted by molar-refractivity contribution is -0.384. The smallest absolute Gasteiger partial charge is 0.269 e. The molecule has 0 saturated carbocycles. The highest BCUT2D eigenvalue weighted by atomic mass is 16.6. The SMILES string of the molecule is CC(C)c1ccc(N2C(=O)CC(N(CCC3=CCCCC3)C(=O)c3ccc([N+](=O)[O-])cc3)C2=O)cc1. The van der Waals surface area contributed by atoms with Crippen LogP contribution in [0.15, 0.2) is 60.2 Å². The summed E-state index contributed by atoms with van der Waals surface area (Å²) in [5, 5.41) is 11.0. The average Bonchev–Trinajstić information content (AvgIpc) is 3.18. The monoisotopic (exact) mass is 489 g/mol. The predicted octanol–water partition coefficient (Wildman–Crippen LogP) is 5.38. The van der Waals surface area contributed by atoms with Gasteiger partial charge in [-0.05, 0) is 67.9 Å². The van der Waals surface area contributed by atoms with E-state index in [2.05, 4.69) is 19.9 Å². The standard InChI is InChI=1S/C28H31N3O5/c1-19(2)21-8-12-23(13-9-21)30-26(32)18-25(28(30)34)29(17-16-20-6-4-3-5-7-20)27(33)22-10-14-24(15-11-22)31(35)36/h6,8-15,19,25H,3-5,7,16-18H2,1-2H3. The van der Waals surface area contributed by atoms with Gasteiger partial charge in [0.1, 0.15) is 6.04 Å². The van der Waals surface area contributed by atoms with Gasteiger partial charge in [-0.3, -0.25) is 24.5 Å². The van der Waals surface area contributed by atoms with Gasteiger partial charge in [-0.15, -0.1) is 0 Å². The summed E-state index contributed by atoms with van der Waals surface area (Å²) >= 11 is 0. The Labute approximate surface area is 210 Å². The van der Waals surface area contributed by atoms with Gasteiger partial charge in [0.25, 0.3) is 17.5 Å². The number of carbonyl (C=O) groups is 3. The molecule has 1 atom stereocenters. The molecule has 0 N–H and O–H groups in total. The number of hydrogen-bond acceptors (Lipinski definition) is 5. The molecule has 0 bridgehead atoms. The number of amides is 3. The fraction of sp³-hybridized carbons (Fsp3) is 0.393. The predicted molar refractivity (Wildman–Crippen MR) is 137 cm³/mol. The zero-order chi connectivity index (χ0) is 25.8. The number of carbonyl (C=O) groups excluding carboxylic acids is 3. The first kappa shape index (κ1) is 25.3. The molecule has 1 unspecified atom stereocenters. The van der Waals surface area contributed by atoms with Crippen molar-refractivity contribution in [2.24, 2.45) is 0 Å². The first-order valence-corrected chi connectivity index (χ1v) is 12.5. The average molecular weight is 490 g/mol. The molecule has 1 aliphatic heterocycles. The van der Waals surface area contributed by atoms with E-state index in [0.717, 1.165) is 31.2 Å². The lowest BCUT2D eigenvalue weighted by atomic mass is 9.96. The van der Waals surface area contributed by atoms with E-state index in [9.17, 15) is 24.5 Å². The number of nitro benzene ring substituents is 1. The van der Waals surface area contributed by atoms with Crippen LogP contribution < -0.4 is 4.90 Å². The summed E-state index contributed by atoms with van der Waals surface area (Å²) in [6, 6.07) is 11.8. The molecule has 4 rings (SSSR count). The number of nitrogens with zero attached hydrogens (tertiary/aromatic N) is 3. The number of nitro groups is 1. The number of allylic oxidation sites excluding steroid dienone is 1. The molecule has 0 radical (unpaired) electrons. The van der Waals surface area contributed by atoms with Crippen molar-refractivity contribution in [3.8, 4) is 0 Å². The third-order valence-corrected chi connectivity index (χ3v) is 6.96. The maximum Gasteiger partial charge on any atom is 0.269 e. The van der Waals surface area contributed by atoms with Gasteiger partial charge < -0.3 is 4.90 Å². The van der Waals surface area contributed by atoms with E-state index in [4.69, 9.17) is 0 Å². The van der Waals surface area contributed by atoms with Gasteiger partial charge in [-0.2, -0.15) is 0 Å². The number of benzene rings is 2. The van der Waals surface area contributed by atoms with Crippen molar-refractivity contribution < 1.29 is 19.3 Å². The van der Waals surface area contributed by atoms with Gasteiger partial charge in [0.05, 0.1) is 17.0 Å². The van der Waals surface area contributed by atoms with Crippen LogP contribution in [0.3, 0.4) is 0 Å². The Morgan fingerprint density at radius 2 is 1.78 bits per heavy atom. The molecule has 1 saturated heterocycles. The topological polar surface area (TPSA) is 101 Å². The maximum absolute atomic E-state index is 13.6. The van der Waals surface area contributed by atoms with Gasteiger partial charge in [0, 0.05) is 24.2 Å². The van der Waals surface area contributed by atoms with Crippen molar-refractivity contribution in [1.29, 1.82) is 0 Å². The highest BCUT2D eigenvalue weighted by Crippen LogP contribution is 2.29. The summed E-state index contributed by atoms with van der Waals surface area (Å²) < 4.78 is 0. The number of anilines is 1. The van der Waals surface area contributed by atoms with Gasteiger partial charge in [-0.1, -0.05) is 37.6 Å². The zero-order valence-electron chi connectivity index (χ0n) is 20.7. The minimum absolute atomic E-state index is 0.0947. The molecule has 36 heavy (non-hydrogen) atoms. The summed E-state index contributed by atoms with van der Waals surface area (Å²) in [4.78, 5) is 53.2. The number of non-ortho nitro benzene ring substituents is 1. The molecule has 2 aromatic carbocycles. The van der Waals surface area contributed by atoms with Crippen molar-refractivity contribution in [3.63, 3.8) is 0 Å². The third kappa shape index (κ3) is 5.37. The fourth-order valence-corrected chi connectivity index (χ4v) is 4.83. The van der Waals surface area contributed by atoms with Crippen LogP contribution in [0.2, 0.25) is 0 Å². The summed E-state index contributed by atoms with van der Waals surface area (Å²) in [6.45, 7) is 4.44. The molecule has 3 amide bonds. The molecule has 8 heteroatoms.